The second-order valence-corrected chi connectivity index (χ2v) is 3.98. The van der Waals surface area contributed by atoms with Gasteiger partial charge in [-0.25, -0.2) is 0 Å². The van der Waals surface area contributed by atoms with Crippen molar-refractivity contribution in [2.45, 2.75) is 13.8 Å². The molecule has 0 aromatic heterocycles. The topological polar surface area (TPSA) is 23.6 Å². The molecule has 0 N–H and O–H groups in total. The molecular formula is C10H21Cl3N2O. The Bertz CT molecular complexity index is 171. The number of alkyl halides is 2. The maximum Gasteiger partial charge on any atom is 0.236 e. The molecule has 0 aromatic carbocycles. The van der Waals surface area contributed by atoms with E-state index >= 15 is 0 Å². The fourth-order valence-electron chi connectivity index (χ4n) is 1.38. The van der Waals surface area contributed by atoms with Gasteiger partial charge in [0, 0.05) is 37.9 Å². The second kappa shape index (κ2) is 11.8. The third-order valence-corrected chi connectivity index (χ3v) is 2.61. The molecule has 16 heavy (non-hydrogen) atoms. The molecular weight excluding hydrogens is 270 g/mol. The van der Waals surface area contributed by atoms with Crippen LogP contribution < -0.4 is 0 Å². The molecule has 0 unspecified atom stereocenters. The number of amides is 1. The maximum atomic E-state index is 11.8. The molecule has 98 valence electrons. The van der Waals surface area contributed by atoms with Crippen molar-refractivity contribution >= 4 is 41.5 Å². The minimum atomic E-state index is 0. The van der Waals surface area contributed by atoms with E-state index in [-0.39, 0.29) is 18.3 Å². The third-order valence-electron chi connectivity index (χ3n) is 2.28. The Morgan fingerprint density at radius 2 is 1.50 bits per heavy atom. The first-order valence-corrected chi connectivity index (χ1v) is 6.38. The van der Waals surface area contributed by atoms with E-state index < -0.39 is 0 Å². The Kier molecular flexibility index (Phi) is 13.7. The predicted octanol–water partition coefficient (Wildman–Crippen LogP) is 2.06. The van der Waals surface area contributed by atoms with Crippen LogP contribution in [0.15, 0.2) is 0 Å². The van der Waals surface area contributed by atoms with Gasteiger partial charge in [-0.2, -0.15) is 0 Å². The van der Waals surface area contributed by atoms with Crippen molar-refractivity contribution in [3.63, 3.8) is 0 Å². The number of hydrogen-bond acceptors (Lipinski definition) is 2. The van der Waals surface area contributed by atoms with Crippen LogP contribution in [0.3, 0.4) is 0 Å². The molecule has 0 fully saturated rings. The van der Waals surface area contributed by atoms with Crippen molar-refractivity contribution in [1.82, 2.24) is 9.80 Å². The fourth-order valence-corrected chi connectivity index (χ4v) is 1.85. The Morgan fingerprint density at radius 3 is 1.81 bits per heavy atom. The predicted molar refractivity (Wildman–Crippen MR) is 73.1 cm³/mol. The van der Waals surface area contributed by atoms with Crippen LogP contribution in [0.5, 0.6) is 0 Å². The summed E-state index contributed by atoms with van der Waals surface area (Å²) in [5.41, 5.74) is 0. The number of carbonyl (C=O) groups excluding carboxylic acids is 1. The second-order valence-electron chi connectivity index (χ2n) is 3.22. The highest BCUT2D eigenvalue weighted by Crippen LogP contribution is 1.96. The highest BCUT2D eigenvalue weighted by atomic mass is 35.5. The average molecular weight is 292 g/mol. The first kappa shape index (κ1) is 18.7. The normalized spacial score (nSPS) is 10.1. The van der Waals surface area contributed by atoms with Gasteiger partial charge >= 0.3 is 0 Å². The van der Waals surface area contributed by atoms with Crippen LogP contribution in [0.1, 0.15) is 13.8 Å². The number of rotatable bonds is 8. The lowest BCUT2D eigenvalue weighted by molar-refractivity contribution is -0.131. The summed E-state index contributed by atoms with van der Waals surface area (Å²) in [7, 11) is 0. The molecule has 0 rings (SSSR count). The van der Waals surface area contributed by atoms with Crippen LogP contribution in [-0.4, -0.2) is 60.2 Å². The zero-order valence-corrected chi connectivity index (χ0v) is 12.2. The van der Waals surface area contributed by atoms with Crippen LogP contribution in [-0.2, 0) is 4.79 Å². The van der Waals surface area contributed by atoms with Gasteiger partial charge in [-0.1, -0.05) is 0 Å². The molecule has 1 amide bonds. The fraction of sp³-hybridized carbons (Fsp3) is 0.900. The Morgan fingerprint density at radius 1 is 1.06 bits per heavy atom. The van der Waals surface area contributed by atoms with Crippen molar-refractivity contribution in [2.24, 2.45) is 0 Å². The van der Waals surface area contributed by atoms with E-state index in [1.807, 2.05) is 23.6 Å². The molecule has 6 heteroatoms. The van der Waals surface area contributed by atoms with Crippen molar-refractivity contribution in [1.29, 1.82) is 0 Å². The molecule has 0 heterocycles. The molecule has 3 nitrogen and oxygen atoms in total. The van der Waals surface area contributed by atoms with E-state index in [9.17, 15) is 4.79 Å². The van der Waals surface area contributed by atoms with Crippen LogP contribution in [0, 0.1) is 0 Å². The summed E-state index contributed by atoms with van der Waals surface area (Å²) in [6.45, 7) is 7.31. The number of likely N-dealkylation sites (N-methyl/N-ethyl adjacent to an activating group) is 1. The third kappa shape index (κ3) is 7.55. The van der Waals surface area contributed by atoms with Crippen molar-refractivity contribution in [2.75, 3.05) is 44.5 Å². The minimum Gasteiger partial charge on any atom is -0.342 e. The first-order valence-electron chi connectivity index (χ1n) is 5.31. The van der Waals surface area contributed by atoms with Gasteiger partial charge in [-0.3, -0.25) is 9.69 Å². The summed E-state index contributed by atoms with van der Waals surface area (Å²) in [5, 5.41) is 0. The Hall–Kier alpha value is 0.300. The Labute approximate surface area is 114 Å². The van der Waals surface area contributed by atoms with Crippen molar-refractivity contribution in [3.05, 3.63) is 0 Å². The summed E-state index contributed by atoms with van der Waals surface area (Å²) < 4.78 is 0. The van der Waals surface area contributed by atoms with Gasteiger partial charge in [0.1, 0.15) is 0 Å². The largest absolute Gasteiger partial charge is 0.342 e. The van der Waals surface area contributed by atoms with E-state index in [2.05, 4.69) is 0 Å². The quantitative estimate of drug-likeness (QED) is 0.639. The molecule has 0 spiro atoms. The van der Waals surface area contributed by atoms with Crippen molar-refractivity contribution in [3.8, 4) is 0 Å². The highest BCUT2D eigenvalue weighted by Gasteiger charge is 2.13. The van der Waals surface area contributed by atoms with E-state index in [0.29, 0.717) is 31.4 Å². The van der Waals surface area contributed by atoms with E-state index in [1.165, 1.54) is 0 Å². The molecule has 0 aromatic rings. The zero-order chi connectivity index (χ0) is 11.7. The van der Waals surface area contributed by atoms with Crippen LogP contribution in [0.2, 0.25) is 0 Å². The van der Waals surface area contributed by atoms with Gasteiger partial charge in [0.15, 0.2) is 0 Å². The van der Waals surface area contributed by atoms with Crippen LogP contribution in [0.25, 0.3) is 0 Å². The monoisotopic (exact) mass is 290 g/mol. The molecule has 0 saturated carbocycles. The molecule has 0 radical (unpaired) electrons. The summed E-state index contributed by atoms with van der Waals surface area (Å²) in [6.07, 6.45) is 0. The lowest BCUT2D eigenvalue weighted by Crippen LogP contribution is -2.41. The van der Waals surface area contributed by atoms with Crippen LogP contribution >= 0.6 is 35.6 Å². The van der Waals surface area contributed by atoms with Gasteiger partial charge < -0.3 is 4.90 Å². The van der Waals surface area contributed by atoms with Gasteiger partial charge in [0.2, 0.25) is 5.91 Å². The molecule has 0 aliphatic heterocycles. The zero-order valence-electron chi connectivity index (χ0n) is 9.92. The number of hydrogen-bond donors (Lipinski definition) is 0. The molecule has 0 bridgehead atoms. The Balaban J connectivity index is 0. The van der Waals surface area contributed by atoms with Crippen LogP contribution in [0.4, 0.5) is 0 Å². The number of halogens is 3. The SMILES string of the molecule is CCN(CC)C(=O)CN(CCCl)CCCl.Cl. The number of carbonyl (C=O) groups is 1. The summed E-state index contributed by atoms with van der Waals surface area (Å²) in [6, 6.07) is 0. The standard InChI is InChI=1S/C10H20Cl2N2O.ClH/c1-3-14(4-2)10(15)9-13(7-5-11)8-6-12;/h3-9H2,1-2H3;1H. The van der Waals surface area contributed by atoms with Gasteiger partial charge in [0.05, 0.1) is 6.54 Å². The number of nitrogens with zero attached hydrogens (tertiary/aromatic N) is 2. The molecule has 0 atom stereocenters. The molecule has 0 aliphatic carbocycles. The first-order chi connectivity index (χ1) is 7.19. The lowest BCUT2D eigenvalue weighted by Gasteiger charge is -2.24. The van der Waals surface area contributed by atoms with E-state index in [0.717, 1.165) is 13.1 Å². The molecule has 0 aliphatic rings. The summed E-state index contributed by atoms with van der Waals surface area (Å²) in [5.74, 6) is 1.21. The van der Waals surface area contributed by atoms with Gasteiger partial charge in [-0.15, -0.1) is 35.6 Å². The highest BCUT2D eigenvalue weighted by molar-refractivity contribution is 6.18. The lowest BCUT2D eigenvalue weighted by atomic mass is 10.4. The maximum absolute atomic E-state index is 11.8. The van der Waals surface area contributed by atoms with Crippen molar-refractivity contribution < 1.29 is 4.79 Å². The summed E-state index contributed by atoms with van der Waals surface area (Å²) >= 11 is 11.3. The van der Waals surface area contributed by atoms with Gasteiger partial charge in [0.25, 0.3) is 0 Å². The van der Waals surface area contributed by atoms with E-state index in [4.69, 9.17) is 23.2 Å². The smallest absolute Gasteiger partial charge is 0.236 e. The summed E-state index contributed by atoms with van der Waals surface area (Å²) in [4.78, 5) is 15.6. The van der Waals surface area contributed by atoms with E-state index in [1.54, 1.807) is 0 Å². The van der Waals surface area contributed by atoms with Gasteiger partial charge in [-0.05, 0) is 13.8 Å². The minimum absolute atomic E-state index is 0. The molecule has 0 saturated heterocycles. The average Bonchev–Trinajstić information content (AvgIpc) is 2.20.